The molecule has 3 amide bonds. The van der Waals surface area contributed by atoms with Crippen LogP contribution < -0.4 is 10.6 Å². The molecule has 3 aromatic rings. The van der Waals surface area contributed by atoms with E-state index >= 15 is 0 Å². The van der Waals surface area contributed by atoms with Crippen LogP contribution in [-0.4, -0.2) is 39.7 Å². The van der Waals surface area contributed by atoms with Gasteiger partial charge in [0.25, 0.3) is 0 Å². The maximum absolute atomic E-state index is 13.2. The predicted molar refractivity (Wildman–Crippen MR) is 147 cm³/mol. The highest BCUT2D eigenvalue weighted by atomic mass is 16.2. The number of aryl methyl sites for hydroxylation is 2. The number of amides is 3. The molecule has 0 aliphatic heterocycles. The number of anilines is 2. The highest BCUT2D eigenvalue weighted by Crippen LogP contribution is 2.27. The lowest BCUT2D eigenvalue weighted by Gasteiger charge is -2.25. The van der Waals surface area contributed by atoms with Gasteiger partial charge in [-0.2, -0.15) is 5.10 Å². The molecular formula is C29H39N5O2. The summed E-state index contributed by atoms with van der Waals surface area (Å²) in [5.41, 5.74) is 5.48. The van der Waals surface area contributed by atoms with E-state index in [1.165, 1.54) is 0 Å². The molecule has 192 valence electrons. The molecule has 2 aromatic carbocycles. The van der Waals surface area contributed by atoms with E-state index in [2.05, 4.69) is 31.4 Å². The molecule has 0 radical (unpaired) electrons. The van der Waals surface area contributed by atoms with E-state index in [0.717, 1.165) is 33.8 Å². The quantitative estimate of drug-likeness (QED) is 0.413. The van der Waals surface area contributed by atoms with Crippen LogP contribution >= 0.6 is 0 Å². The summed E-state index contributed by atoms with van der Waals surface area (Å²) in [4.78, 5) is 28.0. The molecule has 0 aliphatic carbocycles. The topological polar surface area (TPSA) is 79.3 Å². The van der Waals surface area contributed by atoms with Crippen molar-refractivity contribution in [2.24, 2.45) is 5.92 Å². The van der Waals surface area contributed by atoms with Crippen molar-refractivity contribution >= 4 is 23.4 Å². The van der Waals surface area contributed by atoms with Crippen molar-refractivity contribution in [3.05, 3.63) is 70.9 Å². The fourth-order valence-electron chi connectivity index (χ4n) is 3.92. The molecule has 0 aliphatic rings. The van der Waals surface area contributed by atoms with Crippen LogP contribution in [0.4, 0.5) is 16.3 Å². The highest BCUT2D eigenvalue weighted by molar-refractivity contribution is 5.97. The number of urea groups is 1. The van der Waals surface area contributed by atoms with Gasteiger partial charge in [-0.15, -0.1) is 0 Å². The molecule has 7 heteroatoms. The van der Waals surface area contributed by atoms with E-state index in [4.69, 9.17) is 5.10 Å². The molecule has 2 N–H and O–H groups in total. The Balaban J connectivity index is 1.85. The van der Waals surface area contributed by atoms with E-state index in [1.807, 2.05) is 83.1 Å². The van der Waals surface area contributed by atoms with Gasteiger partial charge in [0.1, 0.15) is 12.4 Å². The molecule has 36 heavy (non-hydrogen) atoms. The molecule has 0 saturated heterocycles. The van der Waals surface area contributed by atoms with Gasteiger partial charge in [-0.25, -0.2) is 9.48 Å². The first-order valence-electron chi connectivity index (χ1n) is 12.5. The van der Waals surface area contributed by atoms with Gasteiger partial charge in [-0.05, 0) is 55.5 Å². The molecule has 1 heterocycles. The lowest BCUT2D eigenvalue weighted by atomic mass is 9.92. The van der Waals surface area contributed by atoms with Crippen molar-refractivity contribution < 1.29 is 9.59 Å². The number of nitrogens with zero attached hydrogens (tertiary/aromatic N) is 3. The Hall–Kier alpha value is -3.61. The van der Waals surface area contributed by atoms with Gasteiger partial charge in [0.05, 0.1) is 11.4 Å². The van der Waals surface area contributed by atoms with E-state index in [0.29, 0.717) is 12.4 Å². The second-order valence-electron chi connectivity index (χ2n) is 10.9. The summed E-state index contributed by atoms with van der Waals surface area (Å²) in [6.07, 6.45) is 0. The number of carbonyl (C=O) groups is 2. The fraction of sp³-hybridized carbons (Fsp3) is 0.414. The Morgan fingerprint density at radius 1 is 0.972 bits per heavy atom. The molecule has 0 fully saturated rings. The minimum absolute atomic E-state index is 0.0708. The number of aromatic nitrogens is 2. The minimum Gasteiger partial charge on any atom is -0.315 e. The third-order valence-corrected chi connectivity index (χ3v) is 6.14. The van der Waals surface area contributed by atoms with Gasteiger partial charge >= 0.3 is 6.03 Å². The van der Waals surface area contributed by atoms with Crippen molar-refractivity contribution in [1.29, 1.82) is 0 Å². The molecule has 7 nitrogen and oxygen atoms in total. The Kier molecular flexibility index (Phi) is 8.23. The smallest absolute Gasteiger partial charge is 0.315 e. The molecular weight excluding hydrogens is 450 g/mol. The zero-order chi connectivity index (χ0) is 26.6. The summed E-state index contributed by atoms with van der Waals surface area (Å²) in [5.74, 6) is 0.507. The predicted octanol–water partition coefficient (Wildman–Crippen LogP) is 6.22. The van der Waals surface area contributed by atoms with Crippen LogP contribution in [-0.2, 0) is 10.2 Å². The number of rotatable bonds is 7. The van der Waals surface area contributed by atoms with E-state index in [9.17, 15) is 9.59 Å². The molecule has 0 spiro atoms. The van der Waals surface area contributed by atoms with E-state index in [1.54, 1.807) is 9.58 Å². The summed E-state index contributed by atoms with van der Waals surface area (Å²) < 4.78 is 1.77. The van der Waals surface area contributed by atoms with Crippen LogP contribution in [0.25, 0.3) is 5.69 Å². The second-order valence-corrected chi connectivity index (χ2v) is 10.9. The maximum atomic E-state index is 13.2. The fourth-order valence-corrected chi connectivity index (χ4v) is 3.92. The first-order chi connectivity index (χ1) is 16.9. The Labute approximate surface area is 214 Å². The van der Waals surface area contributed by atoms with Gasteiger partial charge in [0.2, 0.25) is 5.91 Å². The van der Waals surface area contributed by atoms with Crippen molar-refractivity contribution in [1.82, 2.24) is 14.7 Å². The lowest BCUT2D eigenvalue weighted by Crippen LogP contribution is -2.42. The Morgan fingerprint density at radius 3 is 2.28 bits per heavy atom. The zero-order valence-electron chi connectivity index (χ0n) is 22.8. The van der Waals surface area contributed by atoms with Crippen molar-refractivity contribution in [3.8, 4) is 5.69 Å². The third-order valence-electron chi connectivity index (χ3n) is 6.14. The summed E-state index contributed by atoms with van der Waals surface area (Å²) >= 11 is 0. The highest BCUT2D eigenvalue weighted by Gasteiger charge is 2.24. The Bertz CT molecular complexity index is 1240. The van der Waals surface area contributed by atoms with E-state index in [-0.39, 0.29) is 29.8 Å². The zero-order valence-corrected chi connectivity index (χ0v) is 22.8. The van der Waals surface area contributed by atoms with Crippen LogP contribution in [0.3, 0.4) is 0 Å². The van der Waals surface area contributed by atoms with Gasteiger partial charge < -0.3 is 15.5 Å². The average Bonchev–Trinajstić information content (AvgIpc) is 3.20. The molecule has 1 aromatic heterocycles. The lowest BCUT2D eigenvalue weighted by molar-refractivity contribution is -0.116. The largest absolute Gasteiger partial charge is 0.322 e. The normalized spacial score (nSPS) is 11.5. The summed E-state index contributed by atoms with van der Waals surface area (Å²) in [7, 11) is 0. The Morgan fingerprint density at radius 2 is 1.64 bits per heavy atom. The summed E-state index contributed by atoms with van der Waals surface area (Å²) in [6.45, 7) is 16.7. The van der Waals surface area contributed by atoms with Crippen LogP contribution in [0.15, 0.2) is 48.5 Å². The maximum Gasteiger partial charge on any atom is 0.322 e. The number of hydrogen-bond acceptors (Lipinski definition) is 3. The van der Waals surface area contributed by atoms with Gasteiger partial charge in [-0.3, -0.25) is 4.79 Å². The summed E-state index contributed by atoms with van der Waals surface area (Å²) in [6, 6.07) is 15.3. The third kappa shape index (κ3) is 6.53. The number of para-hydroxylation sites is 1. The summed E-state index contributed by atoms with van der Waals surface area (Å²) in [5, 5.41) is 10.8. The van der Waals surface area contributed by atoms with Crippen molar-refractivity contribution in [2.45, 2.75) is 60.8 Å². The van der Waals surface area contributed by atoms with Gasteiger partial charge in [-0.1, -0.05) is 65.0 Å². The van der Waals surface area contributed by atoms with Crippen LogP contribution in [0.2, 0.25) is 0 Å². The molecule has 0 saturated carbocycles. The number of benzene rings is 2. The van der Waals surface area contributed by atoms with Crippen molar-refractivity contribution in [2.75, 3.05) is 23.7 Å². The van der Waals surface area contributed by atoms with Gasteiger partial charge in [0, 0.05) is 23.7 Å². The number of hydrogen-bond donors (Lipinski definition) is 2. The number of carbonyl (C=O) groups excluding carboxylic acids is 2. The monoisotopic (exact) mass is 489 g/mol. The minimum atomic E-state index is -0.296. The average molecular weight is 490 g/mol. The molecule has 0 unspecified atom stereocenters. The molecule has 3 rings (SSSR count). The van der Waals surface area contributed by atoms with Crippen LogP contribution in [0.1, 0.15) is 57.0 Å². The molecule has 0 atom stereocenters. The van der Waals surface area contributed by atoms with Crippen LogP contribution in [0, 0.1) is 26.7 Å². The first kappa shape index (κ1) is 27.0. The van der Waals surface area contributed by atoms with Crippen molar-refractivity contribution in [3.63, 3.8) is 0 Å². The van der Waals surface area contributed by atoms with Crippen LogP contribution in [0.5, 0.6) is 0 Å². The van der Waals surface area contributed by atoms with Gasteiger partial charge in [0.15, 0.2) is 0 Å². The van der Waals surface area contributed by atoms with E-state index < -0.39 is 0 Å². The standard InChI is InChI=1S/C29H39N5O2/c1-19(2)17-33(28(36)30-23-14-11-13-20(3)22(23)5)18-27(35)31-26-16-25(29(6,7)8)32-34(26)24-15-10-9-12-21(24)4/h9-16,19H,17-18H2,1-8H3,(H,30,36)(H,31,35). The molecule has 0 bridgehead atoms. The SMILES string of the molecule is Cc1ccccc1-n1nc(C(C)(C)C)cc1NC(=O)CN(CC(C)C)C(=O)Nc1cccc(C)c1C. The second kappa shape index (κ2) is 11.0. The number of nitrogens with one attached hydrogen (secondary N) is 2. The first-order valence-corrected chi connectivity index (χ1v) is 12.5.